The number of aromatic nitrogens is 6. The highest BCUT2D eigenvalue weighted by Crippen LogP contribution is 2.29. The van der Waals surface area contributed by atoms with Crippen LogP contribution in [-0.2, 0) is 7.05 Å². The van der Waals surface area contributed by atoms with Crippen LogP contribution in [-0.4, -0.2) is 36.3 Å². The minimum Gasteiger partial charge on any atom is -0.494 e. The summed E-state index contributed by atoms with van der Waals surface area (Å²) in [5.41, 5.74) is 5.50. The number of hydrogen-bond donors (Lipinski definition) is 0. The monoisotopic (exact) mass is 414 g/mol. The van der Waals surface area contributed by atoms with Crippen molar-refractivity contribution in [2.24, 2.45) is 7.05 Å². The fraction of sp³-hybridized carbons (Fsp3) is 0.136. The number of ether oxygens (including phenoxy) is 1. The molecule has 0 radical (unpaired) electrons. The Hall–Kier alpha value is -3.83. The molecule has 5 aromatic heterocycles. The Morgan fingerprint density at radius 1 is 1.00 bits per heavy atom. The van der Waals surface area contributed by atoms with Gasteiger partial charge in [0.1, 0.15) is 16.3 Å². The average Bonchev–Trinajstić information content (AvgIpc) is 3.53. The van der Waals surface area contributed by atoms with Gasteiger partial charge in [-0.3, -0.25) is 4.68 Å². The minimum atomic E-state index is 0.712. The summed E-state index contributed by atoms with van der Waals surface area (Å²) in [4.78, 5) is 0. The molecule has 0 aliphatic rings. The fourth-order valence-electron chi connectivity index (χ4n) is 3.34. The van der Waals surface area contributed by atoms with Gasteiger partial charge in [0, 0.05) is 30.6 Å². The minimum absolute atomic E-state index is 0.712. The normalized spacial score (nSPS) is 10.9. The molecule has 0 bridgehead atoms. The molecule has 0 aromatic carbocycles. The first-order valence-electron chi connectivity index (χ1n) is 9.29. The van der Waals surface area contributed by atoms with Gasteiger partial charge in [-0.1, -0.05) is 11.8 Å². The number of hydrogen-bond acceptors (Lipinski definition) is 5. The van der Waals surface area contributed by atoms with Gasteiger partial charge in [-0.25, -0.2) is 9.20 Å². The van der Waals surface area contributed by atoms with Gasteiger partial charge in [-0.05, 0) is 30.5 Å². The lowest BCUT2D eigenvalue weighted by atomic mass is 10.1. The summed E-state index contributed by atoms with van der Waals surface area (Å²) in [6, 6.07) is 6.04. The van der Waals surface area contributed by atoms with Crippen molar-refractivity contribution >= 4 is 16.9 Å². The Morgan fingerprint density at radius 3 is 2.57 bits per heavy atom. The lowest BCUT2D eigenvalue weighted by Crippen LogP contribution is -1.95. The van der Waals surface area contributed by atoms with Crippen LogP contribution in [0.15, 0.2) is 54.6 Å². The molecule has 5 heterocycles. The van der Waals surface area contributed by atoms with Gasteiger partial charge in [0.15, 0.2) is 0 Å². The molecule has 30 heavy (non-hydrogen) atoms. The quantitative estimate of drug-likeness (QED) is 0.423. The molecular formula is C22H18N6OS. The summed E-state index contributed by atoms with van der Waals surface area (Å²) in [6.07, 6.45) is 9.29. The zero-order chi connectivity index (χ0) is 20.7. The third kappa shape index (κ3) is 3.06. The number of methoxy groups -OCH3 is 1. The Kier molecular flexibility index (Phi) is 4.38. The molecule has 5 rings (SSSR count). The number of fused-ring (bicyclic) bond motifs is 1. The molecule has 0 amide bonds. The van der Waals surface area contributed by atoms with E-state index in [1.165, 1.54) is 0 Å². The molecule has 0 saturated heterocycles. The maximum atomic E-state index is 5.65. The summed E-state index contributed by atoms with van der Waals surface area (Å²) in [5, 5.41) is 16.3. The highest BCUT2D eigenvalue weighted by molar-refractivity contribution is 7.12. The number of rotatable bonds is 3. The van der Waals surface area contributed by atoms with E-state index in [2.05, 4.69) is 27.1 Å². The summed E-state index contributed by atoms with van der Waals surface area (Å²) < 4.78 is 11.1. The summed E-state index contributed by atoms with van der Waals surface area (Å²) in [6.45, 7) is 2.02. The van der Waals surface area contributed by atoms with E-state index in [4.69, 9.17) is 4.74 Å². The second-order valence-electron chi connectivity index (χ2n) is 6.81. The van der Waals surface area contributed by atoms with Crippen molar-refractivity contribution in [1.82, 2.24) is 29.2 Å². The Morgan fingerprint density at radius 2 is 1.83 bits per heavy atom. The number of aryl methyl sites for hydroxylation is 1. The van der Waals surface area contributed by atoms with Crippen LogP contribution >= 0.6 is 11.3 Å². The van der Waals surface area contributed by atoms with Gasteiger partial charge in [0.2, 0.25) is 0 Å². The zero-order valence-electron chi connectivity index (χ0n) is 16.7. The van der Waals surface area contributed by atoms with Crippen LogP contribution in [0.5, 0.6) is 5.75 Å². The zero-order valence-corrected chi connectivity index (χ0v) is 17.5. The third-order valence-electron chi connectivity index (χ3n) is 4.89. The molecule has 0 fully saturated rings. The lowest BCUT2D eigenvalue weighted by molar-refractivity contribution is 0.417. The van der Waals surface area contributed by atoms with Gasteiger partial charge in [0.05, 0.1) is 42.5 Å². The van der Waals surface area contributed by atoms with Crippen LogP contribution in [0.4, 0.5) is 0 Å². The average molecular weight is 414 g/mol. The Labute approximate surface area is 177 Å². The van der Waals surface area contributed by atoms with E-state index in [1.54, 1.807) is 40.0 Å². The largest absolute Gasteiger partial charge is 0.494 e. The molecule has 0 unspecified atom stereocenters. The number of nitrogens with zero attached hydrogens (tertiary/aromatic N) is 6. The highest BCUT2D eigenvalue weighted by atomic mass is 32.1. The molecule has 7 nitrogen and oxygen atoms in total. The highest BCUT2D eigenvalue weighted by Gasteiger charge is 2.13. The smallest absolute Gasteiger partial charge is 0.146 e. The topological polar surface area (TPSA) is 62.2 Å². The molecule has 148 valence electrons. The van der Waals surface area contributed by atoms with Gasteiger partial charge >= 0.3 is 0 Å². The molecule has 0 saturated carbocycles. The third-order valence-corrected chi connectivity index (χ3v) is 5.74. The van der Waals surface area contributed by atoms with Crippen molar-refractivity contribution in [2.75, 3.05) is 7.11 Å². The molecule has 0 aliphatic carbocycles. The summed E-state index contributed by atoms with van der Waals surface area (Å²) in [5.74, 6) is 7.19. The molecule has 0 aliphatic heterocycles. The van der Waals surface area contributed by atoms with E-state index in [0.717, 1.165) is 38.5 Å². The van der Waals surface area contributed by atoms with Crippen LogP contribution in [0.1, 0.15) is 16.8 Å². The van der Waals surface area contributed by atoms with Crippen molar-refractivity contribution < 1.29 is 4.74 Å². The molecule has 5 aromatic rings. The van der Waals surface area contributed by atoms with Crippen LogP contribution in [0, 0.1) is 18.8 Å². The van der Waals surface area contributed by atoms with Crippen molar-refractivity contribution in [3.63, 3.8) is 0 Å². The van der Waals surface area contributed by atoms with Crippen molar-refractivity contribution in [3.05, 3.63) is 71.4 Å². The van der Waals surface area contributed by atoms with Crippen molar-refractivity contribution in [2.45, 2.75) is 6.92 Å². The van der Waals surface area contributed by atoms with E-state index in [9.17, 15) is 0 Å². The first-order chi connectivity index (χ1) is 14.6. The van der Waals surface area contributed by atoms with E-state index in [1.807, 2.05) is 60.8 Å². The molecule has 0 N–H and O–H groups in total. The second-order valence-corrected chi connectivity index (χ2v) is 7.73. The predicted molar refractivity (Wildman–Crippen MR) is 116 cm³/mol. The molecular weight excluding hydrogens is 396 g/mol. The molecule has 0 atom stereocenters. The standard InChI is InChI=1S/C22H18N6OS/c1-15-16(10-25-28(15)21-5-4-8-30-21)6-7-17-11-24-27-14-18(9-20(29-3)22(17)27)19-12-23-26(2)13-19/h4-5,8-14H,1-3H3. The predicted octanol–water partition coefficient (Wildman–Crippen LogP) is 3.70. The Balaban J connectivity index is 1.55. The van der Waals surface area contributed by atoms with E-state index >= 15 is 0 Å². The summed E-state index contributed by atoms with van der Waals surface area (Å²) >= 11 is 1.64. The first kappa shape index (κ1) is 18.2. The summed E-state index contributed by atoms with van der Waals surface area (Å²) in [7, 11) is 3.55. The second kappa shape index (κ2) is 7.21. The van der Waals surface area contributed by atoms with Crippen LogP contribution in [0.3, 0.4) is 0 Å². The molecule has 0 spiro atoms. The van der Waals surface area contributed by atoms with Crippen LogP contribution in [0.2, 0.25) is 0 Å². The van der Waals surface area contributed by atoms with E-state index in [-0.39, 0.29) is 0 Å². The maximum absolute atomic E-state index is 5.65. The van der Waals surface area contributed by atoms with Crippen LogP contribution in [0.25, 0.3) is 21.6 Å². The van der Waals surface area contributed by atoms with Crippen LogP contribution < -0.4 is 4.74 Å². The number of pyridine rings is 1. The van der Waals surface area contributed by atoms with Gasteiger partial charge in [-0.2, -0.15) is 15.3 Å². The van der Waals surface area contributed by atoms with Crippen molar-refractivity contribution in [1.29, 1.82) is 0 Å². The van der Waals surface area contributed by atoms with Gasteiger partial charge in [0.25, 0.3) is 0 Å². The van der Waals surface area contributed by atoms with E-state index in [0.29, 0.717) is 5.75 Å². The van der Waals surface area contributed by atoms with Gasteiger partial charge < -0.3 is 4.74 Å². The lowest BCUT2D eigenvalue weighted by Gasteiger charge is -2.06. The first-order valence-corrected chi connectivity index (χ1v) is 10.2. The SMILES string of the molecule is COc1cc(-c2cnn(C)c2)cn2ncc(C#Cc3cnn(-c4cccs4)c3C)c12. The van der Waals surface area contributed by atoms with E-state index < -0.39 is 0 Å². The fourth-order valence-corrected chi connectivity index (χ4v) is 4.08. The Bertz CT molecular complexity index is 1410. The maximum Gasteiger partial charge on any atom is 0.146 e. The van der Waals surface area contributed by atoms with Gasteiger partial charge in [-0.15, -0.1) is 11.3 Å². The number of thiophene rings is 1. The molecule has 8 heteroatoms. The van der Waals surface area contributed by atoms with Crippen molar-refractivity contribution in [3.8, 4) is 33.7 Å².